The standard InChI is InChI=1S/C13H26N2/c1-6-8-15(9-7-2)11-13(5)10-14-12(3)4/h1,12-14H,7-11H2,2-5H3. The highest BCUT2D eigenvalue weighted by atomic mass is 15.1. The van der Waals surface area contributed by atoms with Crippen LogP contribution in [0.2, 0.25) is 0 Å². The SMILES string of the molecule is C#CCN(CCC)CC(C)CNC(C)C. The number of terminal acetylenes is 1. The Labute approximate surface area is 95.4 Å². The van der Waals surface area contributed by atoms with Crippen molar-refractivity contribution in [2.24, 2.45) is 5.92 Å². The molecule has 1 unspecified atom stereocenters. The van der Waals surface area contributed by atoms with Crippen LogP contribution in [0.25, 0.3) is 0 Å². The number of rotatable bonds is 8. The van der Waals surface area contributed by atoms with Crippen molar-refractivity contribution in [3.63, 3.8) is 0 Å². The molecule has 0 spiro atoms. The molecule has 0 aliphatic carbocycles. The van der Waals surface area contributed by atoms with Crippen LogP contribution in [0.1, 0.15) is 34.1 Å². The average Bonchev–Trinajstić information content (AvgIpc) is 2.15. The number of nitrogens with zero attached hydrogens (tertiary/aromatic N) is 1. The van der Waals surface area contributed by atoms with Crippen molar-refractivity contribution in [3.05, 3.63) is 0 Å². The predicted molar refractivity (Wildman–Crippen MR) is 67.9 cm³/mol. The van der Waals surface area contributed by atoms with Crippen LogP contribution in [0.3, 0.4) is 0 Å². The van der Waals surface area contributed by atoms with Crippen molar-refractivity contribution >= 4 is 0 Å². The summed E-state index contributed by atoms with van der Waals surface area (Å²) in [6.07, 6.45) is 6.52. The van der Waals surface area contributed by atoms with Gasteiger partial charge < -0.3 is 5.32 Å². The fourth-order valence-electron chi connectivity index (χ4n) is 1.62. The molecule has 0 aliphatic heterocycles. The molecule has 0 aliphatic rings. The summed E-state index contributed by atoms with van der Waals surface area (Å²) < 4.78 is 0. The second kappa shape index (κ2) is 8.76. The third-order valence-electron chi connectivity index (χ3n) is 2.30. The topological polar surface area (TPSA) is 15.3 Å². The molecular formula is C13H26N2. The molecule has 0 saturated carbocycles. The summed E-state index contributed by atoms with van der Waals surface area (Å²) in [6.45, 7) is 12.9. The molecule has 2 nitrogen and oxygen atoms in total. The fraction of sp³-hybridized carbons (Fsp3) is 0.846. The van der Waals surface area contributed by atoms with E-state index in [9.17, 15) is 0 Å². The van der Waals surface area contributed by atoms with E-state index in [1.165, 1.54) is 6.42 Å². The molecule has 0 bridgehead atoms. The Balaban J connectivity index is 3.78. The Morgan fingerprint density at radius 1 is 1.33 bits per heavy atom. The molecule has 1 N–H and O–H groups in total. The Kier molecular flexibility index (Phi) is 8.46. The van der Waals surface area contributed by atoms with Crippen LogP contribution >= 0.6 is 0 Å². The smallest absolute Gasteiger partial charge is 0.0599 e. The lowest BCUT2D eigenvalue weighted by Gasteiger charge is -2.24. The van der Waals surface area contributed by atoms with Crippen LogP contribution in [-0.4, -0.2) is 37.1 Å². The molecule has 88 valence electrons. The number of hydrogen-bond acceptors (Lipinski definition) is 2. The van der Waals surface area contributed by atoms with Crippen molar-refractivity contribution in [2.75, 3.05) is 26.2 Å². The fourth-order valence-corrected chi connectivity index (χ4v) is 1.62. The van der Waals surface area contributed by atoms with E-state index >= 15 is 0 Å². The van der Waals surface area contributed by atoms with E-state index in [4.69, 9.17) is 6.42 Å². The van der Waals surface area contributed by atoms with Crippen LogP contribution in [-0.2, 0) is 0 Å². The molecule has 0 heterocycles. The maximum Gasteiger partial charge on any atom is 0.0599 e. The van der Waals surface area contributed by atoms with Crippen LogP contribution in [0.4, 0.5) is 0 Å². The normalized spacial score (nSPS) is 13.1. The second-order valence-electron chi connectivity index (χ2n) is 4.61. The highest BCUT2D eigenvalue weighted by Gasteiger charge is 2.08. The van der Waals surface area contributed by atoms with E-state index in [-0.39, 0.29) is 0 Å². The summed E-state index contributed by atoms with van der Waals surface area (Å²) in [7, 11) is 0. The predicted octanol–water partition coefficient (Wildman–Crippen LogP) is 1.97. The van der Waals surface area contributed by atoms with Gasteiger partial charge in [0.2, 0.25) is 0 Å². The van der Waals surface area contributed by atoms with Crippen LogP contribution < -0.4 is 5.32 Å². The summed E-state index contributed by atoms with van der Waals surface area (Å²) in [4.78, 5) is 2.35. The zero-order valence-electron chi connectivity index (χ0n) is 10.7. The number of nitrogens with one attached hydrogen (secondary N) is 1. The third kappa shape index (κ3) is 8.47. The zero-order chi connectivity index (χ0) is 11.7. The molecule has 2 heteroatoms. The van der Waals surface area contributed by atoms with Gasteiger partial charge in [-0.05, 0) is 25.4 Å². The Hall–Kier alpha value is -0.520. The summed E-state index contributed by atoms with van der Waals surface area (Å²) in [6, 6.07) is 0.569. The molecule has 0 rings (SSSR count). The molecule has 0 aromatic carbocycles. The minimum atomic E-state index is 0.569. The summed E-state index contributed by atoms with van der Waals surface area (Å²) in [5.41, 5.74) is 0. The first-order valence-electron chi connectivity index (χ1n) is 5.99. The summed E-state index contributed by atoms with van der Waals surface area (Å²) in [5, 5.41) is 3.46. The van der Waals surface area contributed by atoms with Crippen molar-refractivity contribution in [1.29, 1.82) is 0 Å². The van der Waals surface area contributed by atoms with Crippen molar-refractivity contribution in [2.45, 2.75) is 40.2 Å². The van der Waals surface area contributed by atoms with E-state index in [0.717, 1.165) is 26.2 Å². The van der Waals surface area contributed by atoms with Gasteiger partial charge in [-0.25, -0.2) is 0 Å². The van der Waals surface area contributed by atoms with Crippen molar-refractivity contribution < 1.29 is 0 Å². The first kappa shape index (κ1) is 14.5. The van der Waals surface area contributed by atoms with E-state index in [0.29, 0.717) is 12.0 Å². The zero-order valence-corrected chi connectivity index (χ0v) is 10.7. The summed E-state index contributed by atoms with van der Waals surface area (Å²) in [5.74, 6) is 3.39. The van der Waals surface area contributed by atoms with Crippen molar-refractivity contribution in [1.82, 2.24) is 10.2 Å². The van der Waals surface area contributed by atoms with Gasteiger partial charge in [0.05, 0.1) is 6.54 Å². The molecular weight excluding hydrogens is 184 g/mol. The Morgan fingerprint density at radius 3 is 2.47 bits per heavy atom. The third-order valence-corrected chi connectivity index (χ3v) is 2.30. The minimum Gasteiger partial charge on any atom is -0.314 e. The largest absolute Gasteiger partial charge is 0.314 e. The van der Waals surface area contributed by atoms with Gasteiger partial charge in [-0.2, -0.15) is 0 Å². The summed E-state index contributed by atoms with van der Waals surface area (Å²) >= 11 is 0. The van der Waals surface area contributed by atoms with Crippen LogP contribution in [0.5, 0.6) is 0 Å². The molecule has 0 saturated heterocycles. The van der Waals surface area contributed by atoms with E-state index in [1.54, 1.807) is 0 Å². The monoisotopic (exact) mass is 210 g/mol. The van der Waals surface area contributed by atoms with E-state index in [1.807, 2.05) is 0 Å². The molecule has 0 aromatic rings. The molecule has 0 radical (unpaired) electrons. The van der Waals surface area contributed by atoms with Gasteiger partial charge in [-0.1, -0.05) is 33.6 Å². The van der Waals surface area contributed by atoms with E-state index in [2.05, 4.69) is 43.8 Å². The lowest BCUT2D eigenvalue weighted by molar-refractivity contribution is 0.258. The van der Waals surface area contributed by atoms with Crippen molar-refractivity contribution in [3.8, 4) is 12.3 Å². The first-order chi connectivity index (χ1) is 7.10. The minimum absolute atomic E-state index is 0.569. The lowest BCUT2D eigenvalue weighted by Crippen LogP contribution is -2.36. The van der Waals surface area contributed by atoms with Gasteiger partial charge in [0.25, 0.3) is 0 Å². The highest BCUT2D eigenvalue weighted by molar-refractivity contribution is 4.88. The molecule has 0 aromatic heterocycles. The first-order valence-corrected chi connectivity index (χ1v) is 5.99. The average molecular weight is 210 g/mol. The van der Waals surface area contributed by atoms with Crippen LogP contribution in [0.15, 0.2) is 0 Å². The Bertz CT molecular complexity index is 181. The lowest BCUT2D eigenvalue weighted by atomic mass is 10.1. The second-order valence-corrected chi connectivity index (χ2v) is 4.61. The Morgan fingerprint density at radius 2 is 2.00 bits per heavy atom. The maximum atomic E-state index is 5.35. The van der Waals surface area contributed by atoms with E-state index < -0.39 is 0 Å². The molecule has 1 atom stereocenters. The maximum absolute atomic E-state index is 5.35. The van der Waals surface area contributed by atoms with Gasteiger partial charge in [0, 0.05) is 12.6 Å². The molecule has 15 heavy (non-hydrogen) atoms. The quantitative estimate of drug-likeness (QED) is 0.616. The molecule has 0 fully saturated rings. The highest BCUT2D eigenvalue weighted by Crippen LogP contribution is 2.00. The van der Waals surface area contributed by atoms with Gasteiger partial charge in [-0.15, -0.1) is 6.42 Å². The van der Waals surface area contributed by atoms with Gasteiger partial charge in [0.15, 0.2) is 0 Å². The van der Waals surface area contributed by atoms with Gasteiger partial charge in [-0.3, -0.25) is 4.90 Å². The van der Waals surface area contributed by atoms with Gasteiger partial charge >= 0.3 is 0 Å². The van der Waals surface area contributed by atoms with Crippen LogP contribution in [0, 0.1) is 18.3 Å². The van der Waals surface area contributed by atoms with Gasteiger partial charge in [0.1, 0.15) is 0 Å². The molecule has 0 amide bonds. The number of hydrogen-bond donors (Lipinski definition) is 1.